The Kier molecular flexibility index (Phi) is 8.97. The molecule has 2 N–H and O–H groups in total. The maximum atomic E-state index is 5.35. The molecule has 29 heavy (non-hydrogen) atoms. The molecule has 0 unspecified atom stereocenters. The molecule has 3 rings (SSSR count). The van der Waals surface area contributed by atoms with E-state index in [1.807, 2.05) is 18.2 Å². The lowest BCUT2D eigenvalue weighted by Crippen LogP contribution is -2.36. The Hall–Kier alpha value is -2.07. The van der Waals surface area contributed by atoms with Gasteiger partial charge in [0.1, 0.15) is 5.75 Å². The van der Waals surface area contributed by atoms with Crippen molar-refractivity contribution in [3.8, 4) is 16.9 Å². The summed E-state index contributed by atoms with van der Waals surface area (Å²) in [6.45, 7) is 5.43. The van der Waals surface area contributed by atoms with Gasteiger partial charge in [0.2, 0.25) is 0 Å². The van der Waals surface area contributed by atoms with Gasteiger partial charge in [0.25, 0.3) is 0 Å². The fourth-order valence-electron chi connectivity index (χ4n) is 2.65. The summed E-state index contributed by atoms with van der Waals surface area (Å²) >= 11 is 1.72. The van der Waals surface area contributed by atoms with Crippen LogP contribution in [-0.4, -0.2) is 25.3 Å². The summed E-state index contributed by atoms with van der Waals surface area (Å²) in [6.07, 6.45) is 0. The van der Waals surface area contributed by atoms with Crippen LogP contribution in [-0.2, 0) is 13.1 Å². The molecule has 2 heterocycles. The Labute approximate surface area is 192 Å². The van der Waals surface area contributed by atoms with E-state index in [0.29, 0.717) is 19.0 Å². The average Bonchev–Trinajstić information content (AvgIpc) is 3.38. The van der Waals surface area contributed by atoms with Crippen molar-refractivity contribution in [1.29, 1.82) is 0 Å². The number of aromatic nitrogens is 1. The van der Waals surface area contributed by atoms with Crippen LogP contribution in [0.2, 0.25) is 0 Å². The first kappa shape index (κ1) is 23.2. The Morgan fingerprint density at radius 3 is 2.48 bits per heavy atom. The molecule has 6 nitrogen and oxygen atoms in total. The molecule has 0 aliphatic heterocycles. The van der Waals surface area contributed by atoms with E-state index in [9.17, 15) is 0 Å². The number of nitrogens with one attached hydrogen (secondary N) is 2. The first-order chi connectivity index (χ1) is 13.6. The zero-order chi connectivity index (χ0) is 19.9. The Bertz CT molecular complexity index is 919. The first-order valence-corrected chi connectivity index (χ1v) is 10.1. The molecule has 8 heteroatoms. The number of benzene rings is 1. The Balaban J connectivity index is 0.00000300. The lowest BCUT2D eigenvalue weighted by Gasteiger charge is -2.09. The van der Waals surface area contributed by atoms with Crippen molar-refractivity contribution < 1.29 is 9.26 Å². The molecule has 0 atom stereocenters. The number of hydrogen-bond donors (Lipinski definition) is 2. The number of nitrogens with zero attached hydrogens (tertiary/aromatic N) is 2. The van der Waals surface area contributed by atoms with Gasteiger partial charge in [-0.05, 0) is 40.6 Å². The molecule has 3 aromatic rings. The van der Waals surface area contributed by atoms with Crippen LogP contribution in [0.4, 0.5) is 0 Å². The van der Waals surface area contributed by atoms with Gasteiger partial charge in [-0.1, -0.05) is 31.1 Å². The summed E-state index contributed by atoms with van der Waals surface area (Å²) in [5.41, 5.74) is 3.34. The molecule has 0 bridgehead atoms. The van der Waals surface area contributed by atoms with Crippen LogP contribution in [0.5, 0.6) is 5.75 Å². The van der Waals surface area contributed by atoms with E-state index in [-0.39, 0.29) is 24.0 Å². The van der Waals surface area contributed by atoms with Gasteiger partial charge in [-0.2, -0.15) is 0 Å². The minimum Gasteiger partial charge on any atom is -0.497 e. The van der Waals surface area contributed by atoms with Gasteiger partial charge in [-0.15, -0.1) is 35.3 Å². The number of rotatable bonds is 7. The fourth-order valence-corrected chi connectivity index (χ4v) is 3.49. The monoisotopic (exact) mass is 526 g/mol. The standard InChI is InChI=1S/C21H26N4O2S.HI/c1-14(2)20-10-18(27-25-20)11-23-21(22-3)24-12-19-9-16(13-28-19)15-5-7-17(26-4)8-6-15;/h5-10,13-14H,11-12H2,1-4H3,(H2,22,23,24);1H. The van der Waals surface area contributed by atoms with Crippen molar-refractivity contribution >= 4 is 41.3 Å². The summed E-state index contributed by atoms with van der Waals surface area (Å²) in [7, 11) is 3.43. The molecule has 2 aromatic heterocycles. The molecule has 0 spiro atoms. The average molecular weight is 526 g/mol. The van der Waals surface area contributed by atoms with Gasteiger partial charge in [0.05, 0.1) is 25.9 Å². The van der Waals surface area contributed by atoms with Crippen molar-refractivity contribution in [2.45, 2.75) is 32.9 Å². The molecule has 156 valence electrons. The van der Waals surface area contributed by atoms with Gasteiger partial charge in [0.15, 0.2) is 11.7 Å². The maximum absolute atomic E-state index is 5.35. The van der Waals surface area contributed by atoms with E-state index in [2.05, 4.69) is 58.2 Å². The molecular weight excluding hydrogens is 499 g/mol. The summed E-state index contributed by atoms with van der Waals surface area (Å²) in [5, 5.41) is 12.8. The van der Waals surface area contributed by atoms with Gasteiger partial charge >= 0.3 is 0 Å². The van der Waals surface area contributed by atoms with Crippen LogP contribution in [0.15, 0.2) is 51.3 Å². The third kappa shape index (κ3) is 6.46. The molecule has 0 aliphatic carbocycles. The molecule has 0 fully saturated rings. The molecule has 0 radical (unpaired) electrons. The quantitative estimate of drug-likeness (QED) is 0.257. The van der Waals surface area contributed by atoms with Crippen LogP contribution in [0, 0.1) is 0 Å². The fraction of sp³-hybridized carbons (Fsp3) is 0.333. The molecular formula is C21H27IN4O2S. The van der Waals surface area contributed by atoms with Crippen molar-refractivity contribution in [2.24, 2.45) is 4.99 Å². The van der Waals surface area contributed by atoms with E-state index in [0.717, 1.165) is 23.2 Å². The van der Waals surface area contributed by atoms with E-state index in [4.69, 9.17) is 9.26 Å². The molecule has 0 amide bonds. The summed E-state index contributed by atoms with van der Waals surface area (Å²) in [5.74, 6) is 2.74. The molecule has 0 saturated heterocycles. The number of aliphatic imine (C=N–C) groups is 1. The normalized spacial score (nSPS) is 11.3. The zero-order valence-corrected chi connectivity index (χ0v) is 20.2. The maximum Gasteiger partial charge on any atom is 0.191 e. The van der Waals surface area contributed by atoms with Crippen molar-refractivity contribution in [2.75, 3.05) is 14.2 Å². The lowest BCUT2D eigenvalue weighted by atomic mass is 10.1. The predicted octanol–water partition coefficient (Wildman–Crippen LogP) is 5.02. The van der Waals surface area contributed by atoms with Crippen LogP contribution in [0.1, 0.15) is 36.1 Å². The number of hydrogen-bond acceptors (Lipinski definition) is 5. The third-order valence-corrected chi connectivity index (χ3v) is 5.27. The lowest BCUT2D eigenvalue weighted by molar-refractivity contribution is 0.372. The van der Waals surface area contributed by atoms with Crippen LogP contribution in [0.25, 0.3) is 11.1 Å². The SMILES string of the molecule is CN=C(NCc1cc(C(C)C)no1)NCc1cc(-c2ccc(OC)cc2)cs1.I. The highest BCUT2D eigenvalue weighted by Crippen LogP contribution is 2.27. The molecule has 0 aliphatic rings. The largest absolute Gasteiger partial charge is 0.497 e. The number of halogens is 1. The van der Waals surface area contributed by atoms with E-state index < -0.39 is 0 Å². The van der Waals surface area contributed by atoms with Gasteiger partial charge < -0.3 is 19.9 Å². The minimum absolute atomic E-state index is 0. The van der Waals surface area contributed by atoms with Crippen molar-refractivity contribution in [3.63, 3.8) is 0 Å². The number of thiophene rings is 1. The second-order valence-electron chi connectivity index (χ2n) is 6.68. The first-order valence-electron chi connectivity index (χ1n) is 9.21. The van der Waals surface area contributed by atoms with Crippen LogP contribution in [0.3, 0.4) is 0 Å². The van der Waals surface area contributed by atoms with E-state index in [1.54, 1.807) is 25.5 Å². The third-order valence-electron chi connectivity index (χ3n) is 4.33. The summed E-state index contributed by atoms with van der Waals surface area (Å²) in [4.78, 5) is 5.50. The second kappa shape index (κ2) is 11.2. The van der Waals surface area contributed by atoms with Crippen LogP contribution >= 0.6 is 35.3 Å². The van der Waals surface area contributed by atoms with Crippen molar-refractivity contribution in [1.82, 2.24) is 15.8 Å². The highest BCUT2D eigenvalue weighted by atomic mass is 127. The number of methoxy groups -OCH3 is 1. The smallest absolute Gasteiger partial charge is 0.191 e. The summed E-state index contributed by atoms with van der Waals surface area (Å²) < 4.78 is 10.6. The zero-order valence-electron chi connectivity index (χ0n) is 17.1. The molecule has 0 saturated carbocycles. The highest BCUT2D eigenvalue weighted by molar-refractivity contribution is 14.0. The number of ether oxygens (including phenoxy) is 1. The highest BCUT2D eigenvalue weighted by Gasteiger charge is 2.09. The molecule has 1 aromatic carbocycles. The Morgan fingerprint density at radius 2 is 1.86 bits per heavy atom. The number of guanidine groups is 1. The van der Waals surface area contributed by atoms with Gasteiger partial charge in [0, 0.05) is 18.0 Å². The van der Waals surface area contributed by atoms with E-state index >= 15 is 0 Å². The second-order valence-corrected chi connectivity index (χ2v) is 7.68. The van der Waals surface area contributed by atoms with Crippen LogP contribution < -0.4 is 15.4 Å². The van der Waals surface area contributed by atoms with E-state index in [1.165, 1.54) is 16.0 Å². The van der Waals surface area contributed by atoms with Gasteiger partial charge in [-0.3, -0.25) is 4.99 Å². The van der Waals surface area contributed by atoms with Gasteiger partial charge in [-0.25, -0.2) is 0 Å². The van der Waals surface area contributed by atoms with Crippen molar-refractivity contribution in [3.05, 3.63) is 58.1 Å². The predicted molar refractivity (Wildman–Crippen MR) is 129 cm³/mol. The summed E-state index contributed by atoms with van der Waals surface area (Å²) in [6, 6.07) is 12.3. The minimum atomic E-state index is 0. The Morgan fingerprint density at radius 1 is 1.14 bits per heavy atom. The topological polar surface area (TPSA) is 71.7 Å².